The molecule has 1 heterocycles. The normalized spacial score (nSPS) is 10.4. The lowest BCUT2D eigenvalue weighted by Gasteiger charge is -2.00. The van der Waals surface area contributed by atoms with Gasteiger partial charge in [0.2, 0.25) is 0 Å². The van der Waals surface area contributed by atoms with Crippen molar-refractivity contribution in [2.24, 2.45) is 0 Å². The second-order valence-electron chi connectivity index (χ2n) is 2.90. The van der Waals surface area contributed by atoms with Crippen molar-refractivity contribution >= 4 is 11.3 Å². The molecule has 2 rings (SSSR count). The van der Waals surface area contributed by atoms with Crippen molar-refractivity contribution in [1.29, 1.82) is 0 Å². The van der Waals surface area contributed by atoms with E-state index in [-0.39, 0.29) is 5.82 Å². The Morgan fingerprint density at radius 2 is 2.29 bits per heavy atom. The molecule has 0 amide bonds. The lowest BCUT2D eigenvalue weighted by Crippen LogP contribution is -1.88. The summed E-state index contributed by atoms with van der Waals surface area (Å²) in [6.07, 6.45) is 0.711. The van der Waals surface area contributed by atoms with Gasteiger partial charge in [0.15, 0.2) is 0 Å². The quantitative estimate of drug-likeness (QED) is 0.758. The SMILES string of the molecule is CCc1ccc(-c2nncs2)cc1F. The van der Waals surface area contributed by atoms with E-state index in [9.17, 15) is 4.39 Å². The summed E-state index contributed by atoms with van der Waals surface area (Å²) in [5, 5.41) is 8.36. The van der Waals surface area contributed by atoms with Crippen LogP contribution in [0.2, 0.25) is 0 Å². The first-order valence-electron chi connectivity index (χ1n) is 4.36. The van der Waals surface area contributed by atoms with E-state index in [0.717, 1.165) is 16.1 Å². The van der Waals surface area contributed by atoms with Crippen LogP contribution in [0.3, 0.4) is 0 Å². The number of benzene rings is 1. The summed E-state index contributed by atoms with van der Waals surface area (Å²) in [6.45, 7) is 1.93. The van der Waals surface area contributed by atoms with Crippen LogP contribution in [0.15, 0.2) is 23.7 Å². The fourth-order valence-electron chi connectivity index (χ4n) is 1.27. The third-order valence-corrected chi connectivity index (χ3v) is 2.78. The Bertz CT molecular complexity index is 426. The Hall–Kier alpha value is -1.29. The van der Waals surface area contributed by atoms with E-state index in [1.54, 1.807) is 11.6 Å². The summed E-state index contributed by atoms with van der Waals surface area (Å²) in [5.74, 6) is -0.166. The van der Waals surface area contributed by atoms with Gasteiger partial charge >= 0.3 is 0 Å². The highest BCUT2D eigenvalue weighted by Crippen LogP contribution is 2.22. The fraction of sp³-hybridized carbons (Fsp3) is 0.200. The van der Waals surface area contributed by atoms with E-state index < -0.39 is 0 Å². The van der Waals surface area contributed by atoms with E-state index in [2.05, 4.69) is 10.2 Å². The Morgan fingerprint density at radius 1 is 1.43 bits per heavy atom. The summed E-state index contributed by atoms with van der Waals surface area (Å²) in [4.78, 5) is 0. The van der Waals surface area contributed by atoms with Gasteiger partial charge in [0, 0.05) is 5.56 Å². The molecule has 0 saturated heterocycles. The maximum Gasteiger partial charge on any atom is 0.147 e. The molecular weight excluding hydrogens is 199 g/mol. The molecule has 1 aromatic carbocycles. The molecule has 2 nitrogen and oxygen atoms in total. The first-order valence-corrected chi connectivity index (χ1v) is 5.24. The van der Waals surface area contributed by atoms with Gasteiger partial charge in [0.25, 0.3) is 0 Å². The number of aryl methyl sites for hydroxylation is 1. The molecular formula is C10H9FN2S. The summed E-state index contributed by atoms with van der Waals surface area (Å²) < 4.78 is 13.4. The second-order valence-corrected chi connectivity index (χ2v) is 3.74. The second kappa shape index (κ2) is 3.84. The van der Waals surface area contributed by atoms with Crippen molar-refractivity contribution in [3.05, 3.63) is 35.1 Å². The Balaban J connectivity index is 2.43. The van der Waals surface area contributed by atoms with Crippen LogP contribution in [0.25, 0.3) is 10.6 Å². The first kappa shape index (κ1) is 9.27. The standard InChI is InChI=1S/C10H9FN2S/c1-2-7-3-4-8(5-9(7)11)10-13-12-6-14-10/h3-6H,2H2,1H3. The highest BCUT2D eigenvalue weighted by molar-refractivity contribution is 7.12. The van der Waals surface area contributed by atoms with Crippen LogP contribution >= 0.6 is 11.3 Å². The van der Waals surface area contributed by atoms with Gasteiger partial charge in [-0.3, -0.25) is 0 Å². The summed E-state index contributed by atoms with van der Waals surface area (Å²) in [6, 6.07) is 5.19. The van der Waals surface area contributed by atoms with Crippen LogP contribution in [0, 0.1) is 5.82 Å². The van der Waals surface area contributed by atoms with Crippen molar-refractivity contribution in [2.45, 2.75) is 13.3 Å². The molecule has 72 valence electrons. The van der Waals surface area contributed by atoms with E-state index in [1.807, 2.05) is 13.0 Å². The zero-order chi connectivity index (χ0) is 9.97. The molecule has 0 bridgehead atoms. The number of hydrogen-bond acceptors (Lipinski definition) is 3. The number of halogens is 1. The zero-order valence-corrected chi connectivity index (χ0v) is 8.51. The van der Waals surface area contributed by atoms with E-state index >= 15 is 0 Å². The molecule has 0 fully saturated rings. The number of nitrogens with zero attached hydrogens (tertiary/aromatic N) is 2. The smallest absolute Gasteiger partial charge is 0.147 e. The van der Waals surface area contributed by atoms with Crippen molar-refractivity contribution in [1.82, 2.24) is 10.2 Å². The van der Waals surface area contributed by atoms with Crippen LogP contribution in [0.1, 0.15) is 12.5 Å². The Kier molecular flexibility index (Phi) is 2.54. The van der Waals surface area contributed by atoms with Crippen LogP contribution in [-0.4, -0.2) is 10.2 Å². The molecule has 0 spiro atoms. The predicted molar refractivity (Wildman–Crippen MR) is 54.7 cm³/mol. The Morgan fingerprint density at radius 3 is 2.86 bits per heavy atom. The summed E-state index contributed by atoms with van der Waals surface area (Å²) in [5.41, 5.74) is 3.17. The van der Waals surface area contributed by atoms with E-state index in [0.29, 0.717) is 6.42 Å². The van der Waals surface area contributed by atoms with Crippen LogP contribution in [-0.2, 0) is 6.42 Å². The minimum Gasteiger partial charge on any atom is -0.207 e. The molecule has 0 atom stereocenters. The largest absolute Gasteiger partial charge is 0.207 e. The first-order chi connectivity index (χ1) is 6.81. The van der Waals surface area contributed by atoms with Crippen molar-refractivity contribution < 1.29 is 4.39 Å². The highest BCUT2D eigenvalue weighted by atomic mass is 32.1. The molecule has 0 saturated carbocycles. The lowest BCUT2D eigenvalue weighted by molar-refractivity contribution is 0.612. The van der Waals surface area contributed by atoms with Crippen LogP contribution < -0.4 is 0 Å². The molecule has 4 heteroatoms. The predicted octanol–water partition coefficient (Wildman–Crippen LogP) is 2.91. The molecule has 0 aliphatic heterocycles. The van der Waals surface area contributed by atoms with E-state index in [4.69, 9.17) is 0 Å². The number of rotatable bonds is 2. The third kappa shape index (κ3) is 1.65. The molecule has 1 aromatic heterocycles. The molecule has 2 aromatic rings. The van der Waals surface area contributed by atoms with Crippen LogP contribution in [0.5, 0.6) is 0 Å². The van der Waals surface area contributed by atoms with Gasteiger partial charge < -0.3 is 0 Å². The fourth-order valence-corrected chi connectivity index (χ4v) is 1.82. The number of aromatic nitrogens is 2. The molecule has 0 unspecified atom stereocenters. The van der Waals surface area contributed by atoms with Gasteiger partial charge in [0.1, 0.15) is 16.3 Å². The average Bonchev–Trinajstić information content (AvgIpc) is 2.70. The van der Waals surface area contributed by atoms with Crippen LogP contribution in [0.4, 0.5) is 4.39 Å². The Labute approximate surface area is 85.4 Å². The highest BCUT2D eigenvalue weighted by Gasteiger charge is 2.05. The third-order valence-electron chi connectivity index (χ3n) is 2.04. The topological polar surface area (TPSA) is 25.8 Å². The van der Waals surface area contributed by atoms with Gasteiger partial charge in [-0.1, -0.05) is 30.4 Å². The number of hydrogen-bond donors (Lipinski definition) is 0. The van der Waals surface area contributed by atoms with Crippen molar-refractivity contribution in [3.8, 4) is 10.6 Å². The summed E-state index contributed by atoms with van der Waals surface area (Å²) in [7, 11) is 0. The summed E-state index contributed by atoms with van der Waals surface area (Å²) >= 11 is 1.41. The molecule has 0 aliphatic rings. The molecule has 0 aliphatic carbocycles. The minimum atomic E-state index is -0.166. The minimum absolute atomic E-state index is 0.166. The van der Waals surface area contributed by atoms with Crippen molar-refractivity contribution in [2.75, 3.05) is 0 Å². The van der Waals surface area contributed by atoms with Gasteiger partial charge in [-0.25, -0.2) is 4.39 Å². The lowest BCUT2D eigenvalue weighted by atomic mass is 10.1. The molecule has 0 N–H and O–H groups in total. The molecule has 0 radical (unpaired) electrons. The maximum atomic E-state index is 13.4. The van der Waals surface area contributed by atoms with Crippen molar-refractivity contribution in [3.63, 3.8) is 0 Å². The van der Waals surface area contributed by atoms with E-state index in [1.165, 1.54) is 17.4 Å². The van der Waals surface area contributed by atoms with Gasteiger partial charge in [-0.2, -0.15) is 0 Å². The monoisotopic (exact) mass is 208 g/mol. The maximum absolute atomic E-state index is 13.4. The van der Waals surface area contributed by atoms with Gasteiger partial charge in [0.05, 0.1) is 0 Å². The van der Waals surface area contributed by atoms with Gasteiger partial charge in [-0.05, 0) is 18.1 Å². The average molecular weight is 208 g/mol. The van der Waals surface area contributed by atoms with Gasteiger partial charge in [-0.15, -0.1) is 10.2 Å². The zero-order valence-electron chi connectivity index (χ0n) is 7.70. The molecule has 14 heavy (non-hydrogen) atoms.